The summed E-state index contributed by atoms with van der Waals surface area (Å²) in [4.78, 5) is 34.2. The van der Waals surface area contributed by atoms with Crippen molar-refractivity contribution in [3.05, 3.63) is 16.7 Å². The largest absolute Gasteiger partial charge is 0.481 e. The van der Waals surface area contributed by atoms with E-state index in [4.69, 9.17) is 10.5 Å². The molecule has 2 saturated heterocycles. The molecule has 3 heterocycles. The van der Waals surface area contributed by atoms with Crippen molar-refractivity contribution in [2.45, 2.75) is 12.8 Å². The molecule has 0 unspecified atom stereocenters. The number of ether oxygens (including phenoxy) is 1. The minimum Gasteiger partial charge on any atom is -0.481 e. The molecule has 3 N–H and O–H groups in total. The average Bonchev–Trinajstić information content (AvgIpc) is 2.91. The van der Waals surface area contributed by atoms with Gasteiger partial charge in [-0.2, -0.15) is 4.98 Å². The SMILES string of the molecule is COc1cc(C=C2SC(=O)NC2=O)nc(N2CCC(CN)CC2)n1. The fourth-order valence-corrected chi connectivity index (χ4v) is 3.34. The van der Waals surface area contributed by atoms with Gasteiger partial charge in [0.05, 0.1) is 17.7 Å². The summed E-state index contributed by atoms with van der Waals surface area (Å²) in [6.07, 6.45) is 3.58. The minimum absolute atomic E-state index is 0.313. The van der Waals surface area contributed by atoms with Crippen molar-refractivity contribution in [3.8, 4) is 5.88 Å². The molecular formula is C15H19N5O3S. The summed E-state index contributed by atoms with van der Waals surface area (Å²) in [6, 6.07) is 1.64. The fourth-order valence-electron chi connectivity index (χ4n) is 2.67. The summed E-state index contributed by atoms with van der Waals surface area (Å²) in [5.74, 6) is 1.11. The summed E-state index contributed by atoms with van der Waals surface area (Å²) in [5.41, 5.74) is 6.26. The third-order valence-corrected chi connectivity index (χ3v) is 4.88. The molecule has 0 atom stereocenters. The molecule has 8 nitrogen and oxygen atoms in total. The van der Waals surface area contributed by atoms with E-state index in [0.29, 0.717) is 34.9 Å². The van der Waals surface area contributed by atoms with Crippen LogP contribution in [0.25, 0.3) is 6.08 Å². The Morgan fingerprint density at radius 3 is 2.75 bits per heavy atom. The molecule has 0 saturated carbocycles. The van der Waals surface area contributed by atoms with Crippen molar-refractivity contribution in [2.24, 2.45) is 11.7 Å². The van der Waals surface area contributed by atoms with Crippen LogP contribution in [0.2, 0.25) is 0 Å². The van der Waals surface area contributed by atoms with Crippen molar-refractivity contribution < 1.29 is 14.3 Å². The highest BCUT2D eigenvalue weighted by Crippen LogP contribution is 2.27. The molecule has 128 valence electrons. The first-order valence-corrected chi connectivity index (χ1v) is 8.53. The van der Waals surface area contributed by atoms with Gasteiger partial charge in [0.2, 0.25) is 11.8 Å². The Morgan fingerprint density at radius 2 is 2.17 bits per heavy atom. The number of nitrogens with two attached hydrogens (primary N) is 1. The van der Waals surface area contributed by atoms with Crippen LogP contribution in [0.15, 0.2) is 11.0 Å². The van der Waals surface area contributed by atoms with Crippen molar-refractivity contribution in [2.75, 3.05) is 31.6 Å². The highest BCUT2D eigenvalue weighted by atomic mass is 32.2. The molecule has 0 radical (unpaired) electrons. The quantitative estimate of drug-likeness (QED) is 0.774. The molecule has 24 heavy (non-hydrogen) atoms. The van der Waals surface area contributed by atoms with E-state index < -0.39 is 5.91 Å². The smallest absolute Gasteiger partial charge is 0.290 e. The van der Waals surface area contributed by atoms with Gasteiger partial charge in [-0.1, -0.05) is 0 Å². The fraction of sp³-hybridized carbons (Fsp3) is 0.467. The maximum Gasteiger partial charge on any atom is 0.290 e. The van der Waals surface area contributed by atoms with Crippen LogP contribution in [0.3, 0.4) is 0 Å². The Balaban J connectivity index is 1.85. The molecule has 1 aromatic heterocycles. The van der Waals surface area contributed by atoms with Crippen LogP contribution in [-0.2, 0) is 4.79 Å². The summed E-state index contributed by atoms with van der Waals surface area (Å²) in [5, 5.41) is 1.85. The Labute approximate surface area is 143 Å². The van der Waals surface area contributed by atoms with Gasteiger partial charge < -0.3 is 15.4 Å². The third-order valence-electron chi connectivity index (χ3n) is 4.07. The second-order valence-electron chi connectivity index (χ2n) is 5.65. The number of nitrogens with one attached hydrogen (secondary N) is 1. The van der Waals surface area contributed by atoms with Gasteiger partial charge in [-0.25, -0.2) is 4.98 Å². The van der Waals surface area contributed by atoms with E-state index >= 15 is 0 Å². The van der Waals surface area contributed by atoms with Crippen LogP contribution in [0, 0.1) is 5.92 Å². The number of anilines is 1. The predicted octanol–water partition coefficient (Wildman–Crippen LogP) is 0.984. The van der Waals surface area contributed by atoms with Gasteiger partial charge in [0.15, 0.2) is 0 Å². The molecule has 0 bridgehead atoms. The van der Waals surface area contributed by atoms with Crippen LogP contribution >= 0.6 is 11.8 Å². The standard InChI is InChI=1S/C15H19N5O3S/c1-23-12-7-10(6-11-13(21)19-15(22)24-11)17-14(18-12)20-4-2-9(8-16)3-5-20/h6-7,9H,2-5,8,16H2,1H3,(H,19,21,22). The molecular weight excluding hydrogens is 330 g/mol. The number of rotatable bonds is 4. The van der Waals surface area contributed by atoms with Crippen molar-refractivity contribution in [1.82, 2.24) is 15.3 Å². The normalized spacial score (nSPS) is 20.6. The zero-order valence-electron chi connectivity index (χ0n) is 13.3. The summed E-state index contributed by atoms with van der Waals surface area (Å²) in [6.45, 7) is 2.36. The van der Waals surface area contributed by atoms with Crippen LogP contribution in [0.4, 0.5) is 10.7 Å². The number of piperidine rings is 1. The molecule has 3 rings (SSSR count). The van der Waals surface area contributed by atoms with Crippen molar-refractivity contribution >= 4 is 34.9 Å². The maximum absolute atomic E-state index is 11.7. The number of hydrogen-bond acceptors (Lipinski definition) is 8. The number of thioether (sulfide) groups is 1. The number of nitrogens with zero attached hydrogens (tertiary/aromatic N) is 3. The van der Waals surface area contributed by atoms with Crippen LogP contribution in [0.1, 0.15) is 18.5 Å². The van der Waals surface area contributed by atoms with E-state index in [0.717, 1.165) is 37.7 Å². The van der Waals surface area contributed by atoms with Gasteiger partial charge in [-0.05, 0) is 43.1 Å². The first-order chi connectivity index (χ1) is 11.6. The average molecular weight is 349 g/mol. The van der Waals surface area contributed by atoms with Crippen LogP contribution in [0.5, 0.6) is 5.88 Å². The number of methoxy groups -OCH3 is 1. The van der Waals surface area contributed by atoms with Gasteiger partial charge in [0.1, 0.15) is 0 Å². The molecule has 0 aromatic carbocycles. The van der Waals surface area contributed by atoms with Gasteiger partial charge >= 0.3 is 0 Å². The molecule has 2 aliphatic rings. The van der Waals surface area contributed by atoms with E-state index in [9.17, 15) is 9.59 Å². The summed E-state index contributed by atoms with van der Waals surface area (Å²) in [7, 11) is 1.53. The Morgan fingerprint density at radius 1 is 1.42 bits per heavy atom. The highest BCUT2D eigenvalue weighted by molar-refractivity contribution is 8.18. The third kappa shape index (κ3) is 3.68. The predicted molar refractivity (Wildman–Crippen MR) is 91.7 cm³/mol. The van der Waals surface area contributed by atoms with E-state index in [-0.39, 0.29) is 5.24 Å². The molecule has 1 aromatic rings. The van der Waals surface area contributed by atoms with E-state index in [2.05, 4.69) is 20.2 Å². The van der Waals surface area contributed by atoms with Gasteiger partial charge in [-0.3, -0.25) is 14.9 Å². The lowest BCUT2D eigenvalue weighted by atomic mass is 9.97. The lowest BCUT2D eigenvalue weighted by Gasteiger charge is -2.31. The lowest BCUT2D eigenvalue weighted by Crippen LogP contribution is -2.37. The first-order valence-electron chi connectivity index (χ1n) is 7.72. The van der Waals surface area contributed by atoms with Crippen molar-refractivity contribution in [3.63, 3.8) is 0 Å². The number of imide groups is 1. The Kier molecular flexibility index (Phi) is 5.00. The van der Waals surface area contributed by atoms with Crippen molar-refractivity contribution in [1.29, 1.82) is 0 Å². The van der Waals surface area contributed by atoms with Gasteiger partial charge in [0, 0.05) is 19.2 Å². The molecule has 0 spiro atoms. The van der Waals surface area contributed by atoms with E-state index in [1.54, 1.807) is 12.1 Å². The Hall–Kier alpha value is -2.13. The summed E-state index contributed by atoms with van der Waals surface area (Å²) >= 11 is 0.859. The monoisotopic (exact) mass is 349 g/mol. The van der Waals surface area contributed by atoms with E-state index in [1.807, 2.05) is 0 Å². The molecule has 0 aliphatic carbocycles. The highest BCUT2D eigenvalue weighted by Gasteiger charge is 2.26. The van der Waals surface area contributed by atoms with Crippen LogP contribution in [-0.4, -0.2) is 47.9 Å². The number of hydrogen-bond donors (Lipinski definition) is 2. The Bertz CT molecular complexity index is 686. The number of aromatic nitrogens is 2. The summed E-state index contributed by atoms with van der Waals surface area (Å²) < 4.78 is 5.24. The zero-order valence-corrected chi connectivity index (χ0v) is 14.1. The second-order valence-corrected chi connectivity index (χ2v) is 6.67. The van der Waals surface area contributed by atoms with E-state index in [1.165, 1.54) is 7.11 Å². The lowest BCUT2D eigenvalue weighted by molar-refractivity contribution is -0.115. The second kappa shape index (κ2) is 7.18. The molecule has 2 aliphatic heterocycles. The topological polar surface area (TPSA) is 110 Å². The van der Waals surface area contributed by atoms with Crippen LogP contribution < -0.4 is 20.7 Å². The maximum atomic E-state index is 11.7. The van der Waals surface area contributed by atoms with Gasteiger partial charge in [0.25, 0.3) is 11.1 Å². The molecule has 2 amide bonds. The molecule has 2 fully saturated rings. The van der Waals surface area contributed by atoms with Gasteiger partial charge in [-0.15, -0.1) is 0 Å². The number of amides is 2. The minimum atomic E-state index is -0.409. The first kappa shape index (κ1) is 16.7. The number of carbonyl (C=O) groups excluding carboxylic acids is 2. The molecule has 9 heteroatoms. The zero-order chi connectivity index (χ0) is 17.1. The number of carbonyl (C=O) groups is 2.